The van der Waals surface area contributed by atoms with Crippen LogP contribution in [0.3, 0.4) is 0 Å². The quantitative estimate of drug-likeness (QED) is 0.183. The fourth-order valence-corrected chi connectivity index (χ4v) is 6.06. The van der Waals surface area contributed by atoms with Gasteiger partial charge in [-0.1, -0.05) is 60.8 Å². The lowest BCUT2D eigenvalue weighted by atomic mass is 9.85. The third kappa shape index (κ3) is 7.99. The average molecular weight is 578 g/mol. The lowest BCUT2D eigenvalue weighted by Crippen LogP contribution is -2.62. The summed E-state index contributed by atoms with van der Waals surface area (Å²) < 4.78 is 5.69. The van der Waals surface area contributed by atoms with E-state index in [1.165, 1.54) is 0 Å². The summed E-state index contributed by atoms with van der Waals surface area (Å²) in [5.74, 6) is -2.42. The van der Waals surface area contributed by atoms with E-state index < -0.39 is 52.7 Å². The second kappa shape index (κ2) is 12.3. The van der Waals surface area contributed by atoms with E-state index in [9.17, 15) is 24.0 Å². The SMILES string of the molecule is CCCCOCC(C)(C)NC(=O)N[C@H](C(=O)N1CC2C([C@H]1C(=O)NC(CC1CC1)C(=O)C(N)=O)C2(C)C)C(C)(C)C. The third-order valence-electron chi connectivity index (χ3n) is 8.85. The summed E-state index contributed by atoms with van der Waals surface area (Å²) in [5.41, 5.74) is 3.81. The molecule has 1 aliphatic heterocycles. The highest BCUT2D eigenvalue weighted by Gasteiger charge is 2.70. The number of nitrogens with two attached hydrogens (primary N) is 1. The number of piperidine rings is 1. The Morgan fingerprint density at radius 2 is 1.68 bits per heavy atom. The van der Waals surface area contributed by atoms with Crippen LogP contribution >= 0.6 is 0 Å². The van der Waals surface area contributed by atoms with Crippen LogP contribution < -0.4 is 21.7 Å². The number of carbonyl (C=O) groups is 5. The standard InChI is InChI=1S/C30H51N5O6/c1-9-10-13-41-16-29(5,6)34-27(40)33-23(28(2,3)4)26(39)35-15-18-20(30(18,7)8)21(35)25(38)32-19(14-17-11-12-17)22(36)24(31)37/h17-21,23H,9-16H2,1-8H3,(H2,31,37)(H,32,38)(H2,33,34,40)/t18?,19?,20?,21-,23+/m0/s1. The third-order valence-corrected chi connectivity index (χ3v) is 8.85. The van der Waals surface area contributed by atoms with E-state index in [2.05, 4.69) is 36.7 Å². The summed E-state index contributed by atoms with van der Waals surface area (Å²) in [6.07, 6.45) is 4.18. The molecule has 1 heterocycles. The number of primary amides is 1. The van der Waals surface area contributed by atoms with E-state index in [4.69, 9.17) is 10.5 Å². The van der Waals surface area contributed by atoms with Crippen LogP contribution in [0.15, 0.2) is 0 Å². The number of ketones is 1. The first-order valence-electron chi connectivity index (χ1n) is 15.0. The number of unbranched alkanes of at least 4 members (excludes halogenated alkanes) is 1. The van der Waals surface area contributed by atoms with Crippen LogP contribution in [0, 0.1) is 28.6 Å². The van der Waals surface area contributed by atoms with Crippen LogP contribution in [0.5, 0.6) is 0 Å². The zero-order valence-corrected chi connectivity index (χ0v) is 26.1. The van der Waals surface area contributed by atoms with Gasteiger partial charge in [0.05, 0.1) is 18.2 Å². The van der Waals surface area contributed by atoms with Crippen LogP contribution in [0.2, 0.25) is 0 Å². The van der Waals surface area contributed by atoms with Crippen molar-refractivity contribution >= 4 is 29.5 Å². The number of likely N-dealkylation sites (tertiary alicyclic amines) is 1. The molecule has 0 spiro atoms. The zero-order valence-electron chi connectivity index (χ0n) is 26.1. The molecule has 3 rings (SSSR count). The Morgan fingerprint density at radius 3 is 2.22 bits per heavy atom. The number of carbonyl (C=O) groups excluding carboxylic acids is 5. The lowest BCUT2D eigenvalue weighted by Gasteiger charge is -2.38. The number of hydrogen-bond donors (Lipinski definition) is 4. The van der Waals surface area contributed by atoms with Gasteiger partial charge in [0.25, 0.3) is 5.91 Å². The van der Waals surface area contributed by atoms with Gasteiger partial charge in [-0.25, -0.2) is 4.79 Å². The Morgan fingerprint density at radius 1 is 1.05 bits per heavy atom. The van der Waals surface area contributed by atoms with Gasteiger partial charge < -0.3 is 31.3 Å². The Bertz CT molecular complexity index is 1030. The van der Waals surface area contributed by atoms with E-state index in [1.54, 1.807) is 4.90 Å². The Hall–Kier alpha value is -2.69. The smallest absolute Gasteiger partial charge is 0.315 e. The van der Waals surface area contributed by atoms with E-state index in [-0.39, 0.29) is 29.1 Å². The second-order valence-corrected chi connectivity index (χ2v) is 14.5. The van der Waals surface area contributed by atoms with Gasteiger partial charge in [-0.15, -0.1) is 0 Å². The van der Waals surface area contributed by atoms with Crippen molar-refractivity contribution in [2.75, 3.05) is 19.8 Å². The minimum atomic E-state index is -1.08. The number of fused-ring (bicyclic) bond motifs is 1. The first kappa shape index (κ1) is 32.8. The van der Waals surface area contributed by atoms with E-state index in [0.717, 1.165) is 25.7 Å². The number of urea groups is 1. The molecule has 3 aliphatic rings. The molecule has 2 saturated carbocycles. The molecule has 0 bridgehead atoms. The van der Waals surface area contributed by atoms with Crippen molar-refractivity contribution in [3.8, 4) is 0 Å². The van der Waals surface area contributed by atoms with E-state index in [1.807, 2.05) is 34.6 Å². The van der Waals surface area contributed by atoms with E-state index in [0.29, 0.717) is 26.2 Å². The van der Waals surface area contributed by atoms with Crippen LogP contribution in [0.1, 0.15) is 87.5 Å². The van der Waals surface area contributed by atoms with Gasteiger partial charge in [0.15, 0.2) is 0 Å². The van der Waals surface area contributed by atoms with Gasteiger partial charge in [-0.2, -0.15) is 0 Å². The molecule has 0 aromatic rings. The number of nitrogens with zero attached hydrogens (tertiary/aromatic N) is 1. The molecule has 1 saturated heterocycles. The molecule has 3 fully saturated rings. The summed E-state index contributed by atoms with van der Waals surface area (Å²) in [7, 11) is 0. The van der Waals surface area contributed by atoms with Gasteiger partial charge in [-0.05, 0) is 55.3 Å². The highest BCUT2D eigenvalue weighted by atomic mass is 16.5. The highest BCUT2D eigenvalue weighted by Crippen LogP contribution is 2.65. The maximum absolute atomic E-state index is 14.1. The topological polar surface area (TPSA) is 160 Å². The first-order valence-corrected chi connectivity index (χ1v) is 15.0. The van der Waals surface area contributed by atoms with Crippen LogP contribution in [0.4, 0.5) is 4.79 Å². The first-order chi connectivity index (χ1) is 18.9. The van der Waals surface area contributed by atoms with Crippen molar-refractivity contribution in [2.24, 2.45) is 34.3 Å². The predicted molar refractivity (Wildman–Crippen MR) is 154 cm³/mol. The van der Waals surface area contributed by atoms with Gasteiger partial charge in [-0.3, -0.25) is 19.2 Å². The minimum Gasteiger partial charge on any atom is -0.379 e. The number of hydrogen-bond acceptors (Lipinski definition) is 6. The summed E-state index contributed by atoms with van der Waals surface area (Å²) >= 11 is 0. The highest BCUT2D eigenvalue weighted by molar-refractivity contribution is 6.37. The predicted octanol–water partition coefficient (Wildman–Crippen LogP) is 2.12. The number of Topliss-reactive ketones (excluding diaryl/α,β-unsaturated/α-hetero) is 1. The molecule has 0 aromatic heterocycles. The fourth-order valence-electron chi connectivity index (χ4n) is 6.06. The number of amides is 5. The molecule has 5 amide bonds. The average Bonchev–Trinajstić information content (AvgIpc) is 3.70. The van der Waals surface area contributed by atoms with Gasteiger partial charge in [0.2, 0.25) is 17.6 Å². The maximum Gasteiger partial charge on any atom is 0.315 e. The van der Waals surface area contributed by atoms with Gasteiger partial charge >= 0.3 is 6.03 Å². The molecular formula is C30H51N5O6. The number of rotatable bonds is 14. The Labute approximate surface area is 244 Å². The Kier molecular flexibility index (Phi) is 9.82. The largest absolute Gasteiger partial charge is 0.379 e. The normalized spacial score (nSPS) is 24.6. The molecule has 2 aliphatic carbocycles. The van der Waals surface area contributed by atoms with Crippen molar-refractivity contribution in [1.29, 1.82) is 0 Å². The van der Waals surface area contributed by atoms with Gasteiger partial charge in [0.1, 0.15) is 12.1 Å². The van der Waals surface area contributed by atoms with Crippen LogP contribution in [0.25, 0.3) is 0 Å². The van der Waals surface area contributed by atoms with Crippen LogP contribution in [-0.4, -0.2) is 77.9 Å². The summed E-state index contributed by atoms with van der Waals surface area (Å²) in [6.45, 7) is 16.8. The molecule has 41 heavy (non-hydrogen) atoms. The number of ether oxygens (including phenoxy) is 1. The maximum atomic E-state index is 14.1. The molecule has 3 unspecified atom stereocenters. The summed E-state index contributed by atoms with van der Waals surface area (Å²) in [4.78, 5) is 66.7. The molecular weight excluding hydrogens is 526 g/mol. The summed E-state index contributed by atoms with van der Waals surface area (Å²) in [5, 5.41) is 8.55. The van der Waals surface area contributed by atoms with Gasteiger partial charge in [0, 0.05) is 13.2 Å². The van der Waals surface area contributed by atoms with Crippen LogP contribution in [-0.2, 0) is 23.9 Å². The molecule has 11 heteroatoms. The van der Waals surface area contributed by atoms with Crippen molar-refractivity contribution < 1.29 is 28.7 Å². The summed E-state index contributed by atoms with van der Waals surface area (Å²) in [6, 6.07) is -3.23. The fraction of sp³-hybridized carbons (Fsp3) is 0.833. The van der Waals surface area contributed by atoms with Crippen molar-refractivity contribution in [3.63, 3.8) is 0 Å². The molecule has 5 atom stereocenters. The molecule has 0 radical (unpaired) electrons. The molecule has 5 N–H and O–H groups in total. The van der Waals surface area contributed by atoms with Crippen molar-refractivity contribution in [1.82, 2.24) is 20.9 Å². The monoisotopic (exact) mass is 577 g/mol. The number of nitrogens with one attached hydrogen (secondary N) is 3. The van der Waals surface area contributed by atoms with Crippen molar-refractivity contribution in [2.45, 2.75) is 111 Å². The molecule has 232 valence electrons. The molecule has 11 nitrogen and oxygen atoms in total. The lowest BCUT2D eigenvalue weighted by molar-refractivity contribution is -0.145. The zero-order chi connectivity index (χ0) is 30.9. The minimum absolute atomic E-state index is 0.0923. The molecule has 0 aromatic carbocycles. The second-order valence-electron chi connectivity index (χ2n) is 14.5. The van der Waals surface area contributed by atoms with E-state index >= 15 is 0 Å². The Balaban J connectivity index is 1.75. The van der Waals surface area contributed by atoms with Crippen molar-refractivity contribution in [3.05, 3.63) is 0 Å².